The number of alkyl halides is 3. The Morgan fingerprint density at radius 1 is 1.00 bits per heavy atom. The topological polar surface area (TPSA) is 95.5 Å². The van der Waals surface area contributed by atoms with Crippen molar-refractivity contribution in [3.8, 4) is 0 Å². The van der Waals surface area contributed by atoms with Gasteiger partial charge >= 0.3 is 12.1 Å². The molecule has 0 bridgehead atoms. The molecule has 3 N–H and O–H groups in total. The fourth-order valence-electron chi connectivity index (χ4n) is 2.50. The van der Waals surface area contributed by atoms with E-state index in [0.29, 0.717) is 5.56 Å². The third-order valence-electron chi connectivity index (χ3n) is 3.70. The molecule has 0 radical (unpaired) electrons. The molecule has 0 saturated carbocycles. The van der Waals surface area contributed by atoms with Crippen molar-refractivity contribution in [1.82, 2.24) is 10.6 Å². The molecule has 1 atom stereocenters. The Labute approximate surface area is 152 Å². The molecule has 0 aliphatic carbocycles. The number of hydrogen-bond acceptors (Lipinski definition) is 3. The molecule has 0 heterocycles. The van der Waals surface area contributed by atoms with Crippen LogP contribution >= 0.6 is 0 Å². The van der Waals surface area contributed by atoms with Crippen molar-refractivity contribution >= 4 is 28.6 Å². The van der Waals surface area contributed by atoms with Crippen LogP contribution in [0.15, 0.2) is 42.5 Å². The van der Waals surface area contributed by atoms with Gasteiger partial charge in [0.25, 0.3) is 0 Å². The molecular formula is C18H17F3N2O4. The van der Waals surface area contributed by atoms with Crippen LogP contribution in [0.2, 0.25) is 0 Å². The van der Waals surface area contributed by atoms with Gasteiger partial charge in [-0.1, -0.05) is 36.4 Å². The first-order chi connectivity index (χ1) is 12.6. The molecule has 144 valence electrons. The highest BCUT2D eigenvalue weighted by atomic mass is 19.4. The van der Waals surface area contributed by atoms with E-state index in [-0.39, 0.29) is 0 Å². The van der Waals surface area contributed by atoms with E-state index >= 15 is 0 Å². The molecule has 27 heavy (non-hydrogen) atoms. The van der Waals surface area contributed by atoms with E-state index in [1.807, 2.05) is 24.3 Å². The predicted molar refractivity (Wildman–Crippen MR) is 90.8 cm³/mol. The molecule has 2 aromatic carbocycles. The summed E-state index contributed by atoms with van der Waals surface area (Å²) in [5.74, 6) is -3.14. The van der Waals surface area contributed by atoms with E-state index < -0.39 is 49.4 Å². The monoisotopic (exact) mass is 382 g/mol. The molecular weight excluding hydrogens is 365 g/mol. The molecule has 2 amide bonds. The molecule has 0 aliphatic rings. The second kappa shape index (κ2) is 8.52. The van der Waals surface area contributed by atoms with Gasteiger partial charge in [0.15, 0.2) is 0 Å². The number of amides is 2. The van der Waals surface area contributed by atoms with Crippen molar-refractivity contribution in [3.63, 3.8) is 0 Å². The Bertz CT molecular complexity index is 852. The molecule has 0 spiro atoms. The first-order valence-corrected chi connectivity index (χ1v) is 7.97. The second-order valence-electron chi connectivity index (χ2n) is 5.89. The number of aliphatic carboxylic acids is 1. The van der Waals surface area contributed by atoms with Crippen molar-refractivity contribution in [2.75, 3.05) is 6.54 Å². The summed E-state index contributed by atoms with van der Waals surface area (Å²) in [6.45, 7) is -1.54. The van der Waals surface area contributed by atoms with Crippen LogP contribution in [0.3, 0.4) is 0 Å². The van der Waals surface area contributed by atoms with Crippen molar-refractivity contribution in [1.29, 1.82) is 0 Å². The number of carboxylic acids is 1. The van der Waals surface area contributed by atoms with Gasteiger partial charge in [-0.15, -0.1) is 0 Å². The maximum absolute atomic E-state index is 12.1. The van der Waals surface area contributed by atoms with Gasteiger partial charge in [-0.2, -0.15) is 13.2 Å². The summed E-state index contributed by atoms with van der Waals surface area (Å²) in [4.78, 5) is 34.5. The summed E-state index contributed by atoms with van der Waals surface area (Å²) >= 11 is 0. The Balaban J connectivity index is 2.08. The molecule has 0 unspecified atom stereocenters. The van der Waals surface area contributed by atoms with Crippen molar-refractivity contribution in [2.45, 2.75) is 25.1 Å². The van der Waals surface area contributed by atoms with E-state index in [1.165, 1.54) is 0 Å². The number of nitrogens with one attached hydrogen (secondary N) is 2. The van der Waals surface area contributed by atoms with Crippen molar-refractivity contribution in [2.24, 2.45) is 0 Å². The number of carboxylic acid groups (broad SMARTS) is 1. The summed E-state index contributed by atoms with van der Waals surface area (Å²) in [5.41, 5.74) is 0.514. The van der Waals surface area contributed by atoms with Crippen LogP contribution in [0.5, 0.6) is 0 Å². The van der Waals surface area contributed by atoms with E-state index in [0.717, 1.165) is 10.8 Å². The summed E-state index contributed by atoms with van der Waals surface area (Å²) in [7, 11) is 0. The Kier molecular flexibility index (Phi) is 6.38. The van der Waals surface area contributed by atoms with Crippen molar-refractivity contribution in [3.05, 3.63) is 48.0 Å². The second-order valence-corrected chi connectivity index (χ2v) is 5.89. The SMILES string of the molecule is O=C(O)C[C@H](NC(=O)CC(=O)NCC(F)(F)F)c1ccc2ccccc2c1. The van der Waals surface area contributed by atoms with Crippen LogP contribution in [0.4, 0.5) is 13.2 Å². The standard InChI is InChI=1S/C18H17F3N2O4/c19-18(20,21)10-22-15(24)9-16(25)23-14(8-17(26)27)13-6-5-11-3-1-2-4-12(11)7-13/h1-7,14H,8-10H2,(H,22,24)(H,23,25)(H,26,27)/t14-/m0/s1. The average molecular weight is 382 g/mol. The van der Waals surface area contributed by atoms with Gasteiger partial charge in [-0.25, -0.2) is 0 Å². The van der Waals surface area contributed by atoms with Crippen LogP contribution in [0.1, 0.15) is 24.4 Å². The quantitative estimate of drug-likeness (QED) is 0.642. The van der Waals surface area contributed by atoms with Crippen LogP contribution in [0, 0.1) is 0 Å². The van der Waals surface area contributed by atoms with Gasteiger partial charge < -0.3 is 15.7 Å². The highest BCUT2D eigenvalue weighted by Crippen LogP contribution is 2.23. The number of rotatable bonds is 7. The van der Waals surface area contributed by atoms with Gasteiger partial charge in [0.05, 0.1) is 12.5 Å². The zero-order valence-electron chi connectivity index (χ0n) is 14.0. The molecule has 0 aliphatic heterocycles. The fraction of sp³-hybridized carbons (Fsp3) is 0.278. The lowest BCUT2D eigenvalue weighted by molar-refractivity contribution is -0.141. The molecule has 0 aromatic heterocycles. The third kappa shape index (κ3) is 6.61. The Morgan fingerprint density at radius 2 is 1.67 bits per heavy atom. The van der Waals surface area contributed by atoms with Crippen LogP contribution in [0.25, 0.3) is 10.8 Å². The lowest BCUT2D eigenvalue weighted by Gasteiger charge is -2.18. The minimum atomic E-state index is -4.58. The molecule has 0 saturated heterocycles. The highest BCUT2D eigenvalue weighted by molar-refractivity contribution is 5.97. The van der Waals surface area contributed by atoms with Gasteiger partial charge in [0.1, 0.15) is 13.0 Å². The minimum absolute atomic E-state index is 0.436. The predicted octanol–water partition coefficient (Wildman–Crippen LogP) is 2.54. The van der Waals surface area contributed by atoms with E-state index in [1.54, 1.807) is 23.5 Å². The summed E-state index contributed by atoms with van der Waals surface area (Å²) in [5, 5.41) is 14.8. The maximum atomic E-state index is 12.1. The zero-order chi connectivity index (χ0) is 20.0. The van der Waals surface area contributed by atoms with E-state index in [4.69, 9.17) is 5.11 Å². The number of fused-ring (bicyclic) bond motifs is 1. The lowest BCUT2D eigenvalue weighted by Crippen LogP contribution is -2.38. The Morgan fingerprint density at radius 3 is 2.30 bits per heavy atom. The summed E-state index contributed by atoms with van der Waals surface area (Å²) < 4.78 is 36.2. The largest absolute Gasteiger partial charge is 0.481 e. The number of hydrogen-bond donors (Lipinski definition) is 3. The number of halogens is 3. The van der Waals surface area contributed by atoms with E-state index in [2.05, 4.69) is 5.32 Å². The Hall–Kier alpha value is -3.10. The molecule has 2 rings (SSSR count). The van der Waals surface area contributed by atoms with Crippen LogP contribution in [-0.2, 0) is 14.4 Å². The molecule has 6 nitrogen and oxygen atoms in total. The summed E-state index contributed by atoms with van der Waals surface area (Å²) in [6.07, 6.45) is -5.85. The van der Waals surface area contributed by atoms with Gasteiger partial charge in [0.2, 0.25) is 11.8 Å². The molecule has 9 heteroatoms. The normalized spacial score (nSPS) is 12.4. The van der Waals surface area contributed by atoms with Gasteiger partial charge in [-0.3, -0.25) is 14.4 Å². The lowest BCUT2D eigenvalue weighted by atomic mass is 9.99. The smallest absolute Gasteiger partial charge is 0.405 e. The first kappa shape index (κ1) is 20.2. The van der Waals surface area contributed by atoms with E-state index in [9.17, 15) is 27.6 Å². The number of carbonyl (C=O) groups excluding carboxylic acids is 2. The van der Waals surface area contributed by atoms with Crippen molar-refractivity contribution < 1.29 is 32.7 Å². The van der Waals surface area contributed by atoms with Gasteiger partial charge in [-0.05, 0) is 22.4 Å². The average Bonchev–Trinajstić information content (AvgIpc) is 2.58. The molecule has 0 fully saturated rings. The minimum Gasteiger partial charge on any atom is -0.481 e. The number of carbonyl (C=O) groups is 3. The van der Waals surface area contributed by atoms with Crippen LogP contribution in [-0.4, -0.2) is 35.6 Å². The third-order valence-corrected chi connectivity index (χ3v) is 3.70. The first-order valence-electron chi connectivity index (χ1n) is 7.97. The summed E-state index contributed by atoms with van der Waals surface area (Å²) in [6, 6.07) is 11.6. The molecule has 2 aromatic rings. The maximum Gasteiger partial charge on any atom is 0.405 e. The fourth-order valence-corrected chi connectivity index (χ4v) is 2.50. The number of benzene rings is 2. The van der Waals surface area contributed by atoms with Crippen LogP contribution < -0.4 is 10.6 Å². The van der Waals surface area contributed by atoms with Gasteiger partial charge in [0, 0.05) is 0 Å². The zero-order valence-corrected chi connectivity index (χ0v) is 14.0. The highest BCUT2D eigenvalue weighted by Gasteiger charge is 2.28.